The fraction of sp³-hybridized carbons (Fsp3) is 0.923. The van der Waals surface area contributed by atoms with Crippen LogP contribution in [0, 0.1) is 0 Å². The van der Waals surface area contributed by atoms with E-state index >= 15 is 0 Å². The van der Waals surface area contributed by atoms with Gasteiger partial charge in [-0.2, -0.15) is 0 Å². The summed E-state index contributed by atoms with van der Waals surface area (Å²) in [6.07, 6.45) is 1.13. The number of hydrogen-bond acceptors (Lipinski definition) is 4. The number of ether oxygens (including phenoxy) is 1. The van der Waals surface area contributed by atoms with Gasteiger partial charge in [-0.25, -0.2) is 0 Å². The van der Waals surface area contributed by atoms with Gasteiger partial charge >= 0.3 is 0 Å². The molecular weight excluding hydrogens is 230 g/mol. The highest BCUT2D eigenvalue weighted by Crippen LogP contribution is 2.11. The average Bonchev–Trinajstić information content (AvgIpc) is 2.60. The molecular formula is C13H25N3O2. The molecule has 1 atom stereocenters. The molecule has 0 radical (unpaired) electrons. The highest BCUT2D eigenvalue weighted by molar-refractivity contribution is 5.73. The maximum atomic E-state index is 11.4. The van der Waals surface area contributed by atoms with Crippen LogP contribution in [0.1, 0.15) is 20.3 Å². The summed E-state index contributed by atoms with van der Waals surface area (Å²) in [5.74, 6) is 0.199. The zero-order valence-electron chi connectivity index (χ0n) is 11.6. The molecule has 0 aliphatic carbocycles. The second kappa shape index (κ2) is 6.50. The smallest absolute Gasteiger partial charge is 0.219 e. The minimum absolute atomic E-state index is 0.199. The Morgan fingerprint density at radius 1 is 1.22 bits per heavy atom. The molecule has 1 unspecified atom stereocenters. The third kappa shape index (κ3) is 3.67. The summed E-state index contributed by atoms with van der Waals surface area (Å²) in [6.45, 7) is 11.5. The third-order valence-corrected chi connectivity index (χ3v) is 3.91. The molecule has 2 rings (SSSR count). The van der Waals surface area contributed by atoms with E-state index in [2.05, 4.69) is 16.7 Å². The molecule has 0 aromatic rings. The first-order chi connectivity index (χ1) is 8.66. The summed E-state index contributed by atoms with van der Waals surface area (Å²) in [6, 6.07) is 0.451. The quantitative estimate of drug-likeness (QED) is 0.707. The van der Waals surface area contributed by atoms with Gasteiger partial charge in [0.15, 0.2) is 0 Å². The molecule has 0 aromatic heterocycles. The van der Waals surface area contributed by atoms with Crippen LogP contribution < -0.4 is 0 Å². The van der Waals surface area contributed by atoms with E-state index in [0.717, 1.165) is 59.0 Å². The topological polar surface area (TPSA) is 36.0 Å². The Hall–Kier alpha value is -0.650. The van der Waals surface area contributed by atoms with Crippen molar-refractivity contribution in [3.63, 3.8) is 0 Å². The van der Waals surface area contributed by atoms with Crippen LogP contribution in [-0.2, 0) is 9.53 Å². The van der Waals surface area contributed by atoms with Crippen molar-refractivity contribution in [1.29, 1.82) is 0 Å². The molecule has 104 valence electrons. The van der Waals surface area contributed by atoms with Gasteiger partial charge in [0.25, 0.3) is 0 Å². The van der Waals surface area contributed by atoms with Crippen LogP contribution in [-0.4, -0.2) is 79.3 Å². The molecule has 2 fully saturated rings. The van der Waals surface area contributed by atoms with Crippen molar-refractivity contribution in [1.82, 2.24) is 14.7 Å². The summed E-state index contributed by atoms with van der Waals surface area (Å²) < 4.78 is 5.48. The van der Waals surface area contributed by atoms with Crippen molar-refractivity contribution in [2.75, 3.05) is 52.6 Å². The summed E-state index contributed by atoms with van der Waals surface area (Å²) in [4.78, 5) is 18.3. The normalized spacial score (nSPS) is 28.1. The fourth-order valence-corrected chi connectivity index (χ4v) is 2.69. The molecule has 2 aliphatic heterocycles. The monoisotopic (exact) mass is 255 g/mol. The van der Waals surface area contributed by atoms with Crippen LogP contribution in [0.3, 0.4) is 0 Å². The van der Waals surface area contributed by atoms with Gasteiger partial charge in [-0.3, -0.25) is 14.6 Å². The number of nitrogens with zero attached hydrogens (tertiary/aromatic N) is 3. The lowest BCUT2D eigenvalue weighted by Crippen LogP contribution is -2.55. The zero-order chi connectivity index (χ0) is 13.0. The van der Waals surface area contributed by atoms with E-state index < -0.39 is 0 Å². The lowest BCUT2D eigenvalue weighted by molar-refractivity contribution is -0.132. The van der Waals surface area contributed by atoms with Crippen LogP contribution in [0.15, 0.2) is 0 Å². The minimum atomic E-state index is 0.199. The van der Waals surface area contributed by atoms with Gasteiger partial charge in [0.05, 0.1) is 13.3 Å². The van der Waals surface area contributed by atoms with Crippen molar-refractivity contribution in [2.45, 2.75) is 26.3 Å². The van der Waals surface area contributed by atoms with Crippen molar-refractivity contribution in [3.05, 3.63) is 0 Å². The Labute approximate surface area is 110 Å². The second-order valence-electron chi connectivity index (χ2n) is 5.35. The van der Waals surface area contributed by atoms with Gasteiger partial charge in [-0.1, -0.05) is 0 Å². The van der Waals surface area contributed by atoms with Gasteiger partial charge in [0.2, 0.25) is 5.91 Å². The van der Waals surface area contributed by atoms with Gasteiger partial charge in [0.1, 0.15) is 0 Å². The molecule has 2 heterocycles. The maximum absolute atomic E-state index is 11.4. The highest BCUT2D eigenvalue weighted by Gasteiger charge is 2.26. The first-order valence-corrected chi connectivity index (χ1v) is 6.96. The van der Waals surface area contributed by atoms with E-state index in [0.29, 0.717) is 6.04 Å². The number of carbonyl (C=O) groups excluding carboxylic acids is 1. The molecule has 2 aliphatic rings. The van der Waals surface area contributed by atoms with E-state index in [1.807, 2.05) is 4.90 Å². The van der Waals surface area contributed by atoms with E-state index in [-0.39, 0.29) is 5.91 Å². The van der Waals surface area contributed by atoms with Crippen LogP contribution in [0.4, 0.5) is 0 Å². The second-order valence-corrected chi connectivity index (χ2v) is 5.35. The predicted molar refractivity (Wildman–Crippen MR) is 70.3 cm³/mol. The van der Waals surface area contributed by atoms with Crippen LogP contribution in [0.5, 0.6) is 0 Å². The molecule has 5 heteroatoms. The SMILES string of the molecule is CC(=O)N1CCN(CN2CCCOCC2)C(C)C1. The van der Waals surface area contributed by atoms with Crippen molar-refractivity contribution in [2.24, 2.45) is 0 Å². The molecule has 0 N–H and O–H groups in total. The molecule has 1 amide bonds. The number of hydrogen-bond donors (Lipinski definition) is 0. The van der Waals surface area contributed by atoms with Gasteiger partial charge in [-0.05, 0) is 13.3 Å². The summed E-state index contributed by atoms with van der Waals surface area (Å²) >= 11 is 0. The Morgan fingerprint density at radius 3 is 2.78 bits per heavy atom. The van der Waals surface area contributed by atoms with Crippen LogP contribution in [0.25, 0.3) is 0 Å². The molecule has 5 nitrogen and oxygen atoms in total. The van der Waals surface area contributed by atoms with Crippen molar-refractivity contribution < 1.29 is 9.53 Å². The Balaban J connectivity index is 1.81. The minimum Gasteiger partial charge on any atom is -0.380 e. The predicted octanol–water partition coefficient (Wildman–Crippen LogP) is 0.219. The number of rotatable bonds is 2. The van der Waals surface area contributed by atoms with Crippen molar-refractivity contribution in [3.8, 4) is 0 Å². The maximum Gasteiger partial charge on any atom is 0.219 e. The van der Waals surface area contributed by atoms with Gasteiger partial charge < -0.3 is 9.64 Å². The third-order valence-electron chi connectivity index (χ3n) is 3.91. The van der Waals surface area contributed by atoms with E-state index in [4.69, 9.17) is 4.74 Å². The Morgan fingerprint density at radius 2 is 2.06 bits per heavy atom. The first kappa shape index (κ1) is 13.8. The Bertz CT molecular complexity index is 277. The summed E-state index contributed by atoms with van der Waals surface area (Å²) in [7, 11) is 0. The fourth-order valence-electron chi connectivity index (χ4n) is 2.69. The number of amides is 1. The van der Waals surface area contributed by atoms with Crippen LogP contribution in [0.2, 0.25) is 0 Å². The van der Waals surface area contributed by atoms with Gasteiger partial charge in [0, 0.05) is 52.3 Å². The summed E-state index contributed by atoms with van der Waals surface area (Å²) in [5.41, 5.74) is 0. The molecule has 0 bridgehead atoms. The number of piperazine rings is 1. The van der Waals surface area contributed by atoms with E-state index in [1.165, 1.54) is 0 Å². The molecule has 0 aromatic carbocycles. The van der Waals surface area contributed by atoms with E-state index in [1.54, 1.807) is 6.92 Å². The zero-order valence-corrected chi connectivity index (χ0v) is 11.6. The number of carbonyl (C=O) groups is 1. The molecule has 0 saturated carbocycles. The average molecular weight is 255 g/mol. The van der Waals surface area contributed by atoms with E-state index in [9.17, 15) is 4.79 Å². The first-order valence-electron chi connectivity index (χ1n) is 6.96. The lowest BCUT2D eigenvalue weighted by atomic mass is 10.2. The van der Waals surface area contributed by atoms with Crippen molar-refractivity contribution >= 4 is 5.91 Å². The van der Waals surface area contributed by atoms with Crippen LogP contribution >= 0.6 is 0 Å². The molecule has 0 spiro atoms. The highest BCUT2D eigenvalue weighted by atomic mass is 16.5. The largest absolute Gasteiger partial charge is 0.380 e. The van der Waals surface area contributed by atoms with Gasteiger partial charge in [-0.15, -0.1) is 0 Å². The molecule has 2 saturated heterocycles. The summed E-state index contributed by atoms with van der Waals surface area (Å²) in [5, 5.41) is 0. The lowest BCUT2D eigenvalue weighted by Gasteiger charge is -2.41. The molecule has 18 heavy (non-hydrogen) atoms. The Kier molecular flexibility index (Phi) is 4.97. The standard InChI is InChI=1S/C13H25N3O2/c1-12-10-15(13(2)17)5-6-16(12)11-14-4-3-8-18-9-7-14/h12H,3-11H2,1-2H3.